The van der Waals surface area contributed by atoms with E-state index in [0.29, 0.717) is 0 Å². The van der Waals surface area contributed by atoms with Crippen LogP contribution in [0.4, 0.5) is 18.9 Å². The molecule has 4 fully saturated rings. The topological polar surface area (TPSA) is 54.1 Å². The number of amides is 1. The largest absolute Gasteiger partial charge is 0.490 e. The molecule has 4 aliphatic carbocycles. The molecule has 7 heteroatoms. The SMILES string of the molecule is O=C(Nc1c[nH]c2ccc(O[C@H]3C[C@@H](c4ccc(C(F)(F)F)cc4)C3)cc12)C12CCC(C1)C2. The molecule has 4 saturated carbocycles. The van der Waals surface area contributed by atoms with Crippen LogP contribution in [0.3, 0.4) is 0 Å². The van der Waals surface area contributed by atoms with Gasteiger partial charge in [-0.2, -0.15) is 13.2 Å². The highest BCUT2D eigenvalue weighted by Crippen LogP contribution is 2.59. The van der Waals surface area contributed by atoms with E-state index in [-0.39, 0.29) is 23.3 Å². The Kier molecular flexibility index (Phi) is 4.55. The van der Waals surface area contributed by atoms with Gasteiger partial charge in [0.1, 0.15) is 5.75 Å². The van der Waals surface area contributed by atoms with Gasteiger partial charge in [0.05, 0.1) is 22.8 Å². The highest BCUT2D eigenvalue weighted by Gasteiger charge is 2.55. The molecule has 2 bridgehead atoms. The normalized spacial score (nSPS) is 28.3. The minimum Gasteiger partial charge on any atom is -0.490 e. The van der Waals surface area contributed by atoms with E-state index in [1.54, 1.807) is 12.1 Å². The fourth-order valence-electron chi connectivity index (χ4n) is 5.84. The zero-order chi connectivity index (χ0) is 22.8. The lowest BCUT2D eigenvalue weighted by Crippen LogP contribution is -2.40. The molecular weight excluding hydrogens is 429 g/mol. The van der Waals surface area contributed by atoms with Crippen LogP contribution >= 0.6 is 0 Å². The molecule has 1 heterocycles. The lowest BCUT2D eigenvalue weighted by molar-refractivity contribution is -0.137. The average Bonchev–Trinajstić information content (AvgIpc) is 3.45. The van der Waals surface area contributed by atoms with Gasteiger partial charge in [-0.3, -0.25) is 4.79 Å². The van der Waals surface area contributed by atoms with Crippen molar-refractivity contribution in [2.75, 3.05) is 5.32 Å². The van der Waals surface area contributed by atoms with Crippen molar-refractivity contribution in [1.29, 1.82) is 0 Å². The number of nitrogens with one attached hydrogen (secondary N) is 2. The van der Waals surface area contributed by atoms with E-state index in [0.717, 1.165) is 84.5 Å². The van der Waals surface area contributed by atoms with Gasteiger partial charge in [0.25, 0.3) is 0 Å². The van der Waals surface area contributed by atoms with Crippen LogP contribution in [0.1, 0.15) is 55.6 Å². The van der Waals surface area contributed by atoms with Crippen LogP contribution in [0.5, 0.6) is 5.75 Å². The summed E-state index contributed by atoms with van der Waals surface area (Å²) in [6.45, 7) is 0. The van der Waals surface area contributed by atoms with Crippen LogP contribution in [-0.2, 0) is 11.0 Å². The molecule has 172 valence electrons. The number of halogens is 3. The van der Waals surface area contributed by atoms with E-state index in [4.69, 9.17) is 4.74 Å². The molecule has 4 nitrogen and oxygen atoms in total. The molecule has 1 amide bonds. The van der Waals surface area contributed by atoms with Crippen LogP contribution in [0.15, 0.2) is 48.7 Å². The minimum atomic E-state index is -4.31. The molecular formula is C26H25F3N2O2. The maximum atomic E-state index is 12.9. The summed E-state index contributed by atoms with van der Waals surface area (Å²) in [7, 11) is 0. The highest BCUT2D eigenvalue weighted by molar-refractivity contribution is 6.04. The van der Waals surface area contributed by atoms with E-state index >= 15 is 0 Å². The lowest BCUT2D eigenvalue weighted by Gasteiger charge is -2.36. The van der Waals surface area contributed by atoms with Crippen molar-refractivity contribution in [2.45, 2.75) is 56.7 Å². The van der Waals surface area contributed by atoms with Crippen LogP contribution < -0.4 is 10.1 Å². The van der Waals surface area contributed by atoms with E-state index in [1.165, 1.54) is 0 Å². The second-order valence-electron chi connectivity index (χ2n) is 9.99. The number of anilines is 1. The summed E-state index contributed by atoms with van der Waals surface area (Å²) in [5, 5.41) is 4.05. The van der Waals surface area contributed by atoms with Crippen molar-refractivity contribution in [3.8, 4) is 5.75 Å². The van der Waals surface area contributed by atoms with E-state index in [1.807, 2.05) is 24.4 Å². The predicted octanol–water partition coefficient (Wildman–Crippen LogP) is 6.64. The smallest absolute Gasteiger partial charge is 0.416 e. The zero-order valence-corrected chi connectivity index (χ0v) is 18.0. The summed E-state index contributed by atoms with van der Waals surface area (Å²) in [6.07, 6.45) is 3.25. The van der Waals surface area contributed by atoms with Gasteiger partial charge in [0, 0.05) is 17.1 Å². The monoisotopic (exact) mass is 454 g/mol. The standard InChI is InChI=1S/C26H25F3N2O2/c27-26(28,29)18-3-1-16(2-4-18)17-9-20(10-17)33-19-5-6-22-21(11-19)23(14-30-22)31-24(32)25-8-7-15(12-25)13-25/h1-6,11,14-15,17,20,30H,7-10,12-13H2,(H,31,32)/t15?,17-,20+,25?. The van der Waals surface area contributed by atoms with Gasteiger partial charge in [-0.15, -0.1) is 0 Å². The Labute approximate surface area is 189 Å². The summed E-state index contributed by atoms with van der Waals surface area (Å²) < 4.78 is 44.4. The number of aromatic amines is 1. The molecule has 2 N–H and O–H groups in total. The zero-order valence-electron chi connectivity index (χ0n) is 18.0. The van der Waals surface area contributed by atoms with E-state index < -0.39 is 11.7 Å². The van der Waals surface area contributed by atoms with Crippen molar-refractivity contribution in [3.63, 3.8) is 0 Å². The number of alkyl halides is 3. The number of hydrogen-bond acceptors (Lipinski definition) is 2. The maximum absolute atomic E-state index is 12.9. The molecule has 0 spiro atoms. The van der Waals surface area contributed by atoms with E-state index in [2.05, 4.69) is 10.3 Å². The lowest BCUT2D eigenvalue weighted by atomic mass is 9.69. The molecule has 33 heavy (non-hydrogen) atoms. The summed E-state index contributed by atoms with van der Waals surface area (Å²) in [6, 6.07) is 11.2. The summed E-state index contributed by atoms with van der Waals surface area (Å²) in [5.74, 6) is 1.80. The first-order valence-corrected chi connectivity index (χ1v) is 11.6. The number of fused-ring (bicyclic) bond motifs is 2. The van der Waals surface area contributed by atoms with Gasteiger partial charge in [0.15, 0.2) is 0 Å². The third-order valence-corrected chi connectivity index (χ3v) is 7.88. The number of carbonyl (C=O) groups excluding carboxylic acids is 1. The maximum Gasteiger partial charge on any atom is 0.416 e. The predicted molar refractivity (Wildman–Crippen MR) is 119 cm³/mol. The Balaban J connectivity index is 1.10. The van der Waals surface area contributed by atoms with Crippen LogP contribution in [-0.4, -0.2) is 17.0 Å². The third-order valence-electron chi connectivity index (χ3n) is 7.88. The average molecular weight is 454 g/mol. The fraction of sp³-hybridized carbons (Fsp3) is 0.423. The Morgan fingerprint density at radius 2 is 1.85 bits per heavy atom. The Morgan fingerprint density at radius 1 is 1.09 bits per heavy atom. The summed E-state index contributed by atoms with van der Waals surface area (Å²) in [4.78, 5) is 16.1. The summed E-state index contributed by atoms with van der Waals surface area (Å²) in [5.41, 5.74) is 1.84. The Morgan fingerprint density at radius 3 is 2.52 bits per heavy atom. The second kappa shape index (κ2) is 7.27. The van der Waals surface area contributed by atoms with E-state index in [9.17, 15) is 18.0 Å². The number of rotatable bonds is 5. The van der Waals surface area contributed by atoms with Gasteiger partial charge >= 0.3 is 6.18 Å². The van der Waals surface area contributed by atoms with Gasteiger partial charge in [0.2, 0.25) is 5.91 Å². The van der Waals surface area contributed by atoms with Crippen molar-refractivity contribution in [3.05, 3.63) is 59.8 Å². The number of carbonyl (C=O) groups is 1. The van der Waals surface area contributed by atoms with Crippen LogP contribution in [0.25, 0.3) is 10.9 Å². The second-order valence-corrected chi connectivity index (χ2v) is 9.99. The first-order valence-electron chi connectivity index (χ1n) is 11.6. The Bertz CT molecular complexity index is 1200. The van der Waals surface area contributed by atoms with Crippen LogP contribution in [0.2, 0.25) is 0 Å². The summed E-state index contributed by atoms with van der Waals surface area (Å²) >= 11 is 0. The number of benzene rings is 2. The molecule has 0 atom stereocenters. The van der Waals surface area contributed by atoms with Gasteiger partial charge < -0.3 is 15.0 Å². The molecule has 7 rings (SSSR count). The van der Waals surface area contributed by atoms with Crippen molar-refractivity contribution >= 4 is 22.5 Å². The molecule has 1 aromatic heterocycles. The Hall–Kier alpha value is -2.96. The number of aromatic nitrogens is 1. The molecule has 0 aliphatic heterocycles. The molecule has 0 saturated heterocycles. The number of H-pyrrole nitrogens is 1. The first kappa shape index (κ1) is 20.6. The third kappa shape index (κ3) is 3.58. The quantitative estimate of drug-likeness (QED) is 0.454. The van der Waals surface area contributed by atoms with Crippen LogP contribution in [0, 0.1) is 11.3 Å². The molecule has 0 unspecified atom stereocenters. The molecule has 0 radical (unpaired) electrons. The minimum absolute atomic E-state index is 0.0241. The molecule has 4 aliphatic rings. The van der Waals surface area contributed by atoms with Gasteiger partial charge in [-0.05, 0) is 86.3 Å². The molecule has 3 aromatic rings. The number of hydrogen-bond donors (Lipinski definition) is 2. The molecule has 2 aromatic carbocycles. The van der Waals surface area contributed by atoms with Gasteiger partial charge in [-0.25, -0.2) is 0 Å². The number of ether oxygens (including phenoxy) is 1. The van der Waals surface area contributed by atoms with Crippen molar-refractivity contribution < 1.29 is 22.7 Å². The van der Waals surface area contributed by atoms with Crippen molar-refractivity contribution in [2.24, 2.45) is 11.3 Å². The fourth-order valence-corrected chi connectivity index (χ4v) is 5.84. The highest BCUT2D eigenvalue weighted by atomic mass is 19.4. The van der Waals surface area contributed by atoms with Crippen molar-refractivity contribution in [1.82, 2.24) is 4.98 Å². The van der Waals surface area contributed by atoms with Gasteiger partial charge in [-0.1, -0.05) is 12.1 Å². The first-order chi connectivity index (χ1) is 15.8.